The Labute approximate surface area is 182 Å². The Morgan fingerprint density at radius 1 is 1.07 bits per heavy atom. The average molecular weight is 413 g/mol. The SMILES string of the molecule is C=C1CCC2C(COCc3ccccc3)C(C3(C)CCC(O)CC3CO)CCC12C. The molecule has 3 aliphatic carbocycles. The molecule has 0 spiro atoms. The summed E-state index contributed by atoms with van der Waals surface area (Å²) in [5, 5.41) is 20.5. The molecule has 0 bridgehead atoms. The van der Waals surface area contributed by atoms with Gasteiger partial charge in [0.15, 0.2) is 0 Å². The van der Waals surface area contributed by atoms with Crippen molar-refractivity contribution in [3.8, 4) is 0 Å². The van der Waals surface area contributed by atoms with Gasteiger partial charge in [-0.15, -0.1) is 0 Å². The van der Waals surface area contributed by atoms with Gasteiger partial charge < -0.3 is 14.9 Å². The second kappa shape index (κ2) is 8.76. The van der Waals surface area contributed by atoms with Crippen molar-refractivity contribution in [3.05, 3.63) is 48.0 Å². The predicted octanol–water partition coefficient (Wildman–Crippen LogP) is 5.36. The van der Waals surface area contributed by atoms with Crippen LogP contribution in [0, 0.1) is 34.5 Å². The standard InChI is InChI=1S/C27H40O3/c1-19-9-10-24-23(18-30-17-20-7-5-4-6-8-20)25(12-14-26(19,24)2)27(3)13-11-22(29)15-21(27)16-28/h4-8,21-25,28-29H,1,9-18H2,2-3H3. The van der Waals surface area contributed by atoms with E-state index in [0.717, 1.165) is 32.3 Å². The van der Waals surface area contributed by atoms with E-state index < -0.39 is 0 Å². The van der Waals surface area contributed by atoms with E-state index in [9.17, 15) is 10.2 Å². The molecule has 30 heavy (non-hydrogen) atoms. The van der Waals surface area contributed by atoms with Gasteiger partial charge in [-0.05, 0) is 85.0 Å². The summed E-state index contributed by atoms with van der Waals surface area (Å²) in [4.78, 5) is 0. The number of aliphatic hydroxyl groups is 2. The Kier molecular flexibility index (Phi) is 6.44. The first-order valence-electron chi connectivity index (χ1n) is 12.0. The summed E-state index contributed by atoms with van der Waals surface area (Å²) >= 11 is 0. The highest BCUT2D eigenvalue weighted by molar-refractivity contribution is 5.21. The molecule has 1 aromatic rings. The molecule has 0 heterocycles. The summed E-state index contributed by atoms with van der Waals surface area (Å²) in [7, 11) is 0. The van der Waals surface area contributed by atoms with Crippen LogP contribution in [0.3, 0.4) is 0 Å². The number of rotatable bonds is 6. The molecule has 4 rings (SSSR count). The molecular weight excluding hydrogens is 372 g/mol. The van der Waals surface area contributed by atoms with Crippen LogP contribution in [0.4, 0.5) is 0 Å². The molecule has 0 amide bonds. The number of hydrogen-bond acceptors (Lipinski definition) is 3. The summed E-state index contributed by atoms with van der Waals surface area (Å²) in [6.45, 7) is 10.9. The van der Waals surface area contributed by atoms with Crippen LogP contribution in [0.15, 0.2) is 42.5 Å². The molecule has 3 nitrogen and oxygen atoms in total. The molecule has 7 unspecified atom stereocenters. The van der Waals surface area contributed by atoms with Crippen molar-refractivity contribution in [2.75, 3.05) is 13.2 Å². The fourth-order valence-electron chi connectivity index (χ4n) is 7.30. The summed E-state index contributed by atoms with van der Waals surface area (Å²) in [6, 6.07) is 10.4. The maximum atomic E-state index is 10.3. The van der Waals surface area contributed by atoms with Crippen molar-refractivity contribution in [1.82, 2.24) is 0 Å². The Balaban J connectivity index is 1.57. The first-order valence-corrected chi connectivity index (χ1v) is 12.0. The Hall–Kier alpha value is -1.16. The van der Waals surface area contributed by atoms with Crippen molar-refractivity contribution in [1.29, 1.82) is 0 Å². The van der Waals surface area contributed by atoms with Crippen LogP contribution < -0.4 is 0 Å². The maximum absolute atomic E-state index is 10.3. The number of benzene rings is 1. The average Bonchev–Trinajstić information content (AvgIpc) is 3.05. The van der Waals surface area contributed by atoms with E-state index in [1.54, 1.807) is 0 Å². The summed E-state index contributed by atoms with van der Waals surface area (Å²) in [5.41, 5.74) is 2.96. The number of ether oxygens (including phenoxy) is 1. The molecule has 0 radical (unpaired) electrons. The van der Waals surface area contributed by atoms with Gasteiger partial charge in [0.2, 0.25) is 0 Å². The summed E-state index contributed by atoms with van der Waals surface area (Å²) < 4.78 is 6.36. The van der Waals surface area contributed by atoms with E-state index in [1.165, 1.54) is 30.4 Å². The van der Waals surface area contributed by atoms with Crippen molar-refractivity contribution in [3.63, 3.8) is 0 Å². The van der Waals surface area contributed by atoms with Crippen molar-refractivity contribution >= 4 is 0 Å². The summed E-state index contributed by atoms with van der Waals surface area (Å²) in [6.07, 6.45) is 7.06. The van der Waals surface area contributed by atoms with Gasteiger partial charge in [-0.25, -0.2) is 0 Å². The van der Waals surface area contributed by atoms with Crippen LogP contribution in [-0.4, -0.2) is 29.5 Å². The molecule has 1 aromatic carbocycles. The normalized spacial score (nSPS) is 41.6. The third-order valence-electron chi connectivity index (χ3n) is 9.39. The highest BCUT2D eigenvalue weighted by Crippen LogP contribution is 2.63. The predicted molar refractivity (Wildman–Crippen MR) is 121 cm³/mol. The highest BCUT2D eigenvalue weighted by atomic mass is 16.5. The highest BCUT2D eigenvalue weighted by Gasteiger charge is 2.56. The topological polar surface area (TPSA) is 49.7 Å². The minimum absolute atomic E-state index is 0.0695. The van der Waals surface area contributed by atoms with Gasteiger partial charge in [0, 0.05) is 6.61 Å². The van der Waals surface area contributed by atoms with Gasteiger partial charge in [-0.1, -0.05) is 56.3 Å². The van der Waals surface area contributed by atoms with E-state index in [4.69, 9.17) is 4.74 Å². The lowest BCUT2D eigenvalue weighted by Gasteiger charge is -2.56. The smallest absolute Gasteiger partial charge is 0.0717 e. The lowest BCUT2D eigenvalue weighted by Crippen LogP contribution is -2.52. The molecule has 7 atom stereocenters. The quantitative estimate of drug-likeness (QED) is 0.618. The number of hydrogen-bond donors (Lipinski definition) is 2. The molecule has 3 heteroatoms. The van der Waals surface area contributed by atoms with E-state index >= 15 is 0 Å². The zero-order valence-corrected chi connectivity index (χ0v) is 18.9. The maximum Gasteiger partial charge on any atom is 0.0717 e. The Morgan fingerprint density at radius 3 is 2.57 bits per heavy atom. The minimum Gasteiger partial charge on any atom is -0.396 e. The third-order valence-corrected chi connectivity index (χ3v) is 9.39. The molecule has 3 aliphatic rings. The van der Waals surface area contributed by atoms with Crippen molar-refractivity contribution in [2.24, 2.45) is 34.5 Å². The van der Waals surface area contributed by atoms with Crippen molar-refractivity contribution in [2.45, 2.75) is 71.5 Å². The molecule has 2 N–H and O–H groups in total. The monoisotopic (exact) mass is 412 g/mol. The first kappa shape index (κ1) is 22.0. The lowest BCUT2D eigenvalue weighted by atomic mass is 9.49. The number of aliphatic hydroxyl groups excluding tert-OH is 2. The van der Waals surface area contributed by atoms with Crippen molar-refractivity contribution < 1.29 is 14.9 Å². The lowest BCUT2D eigenvalue weighted by molar-refractivity contribution is -0.113. The molecule has 166 valence electrons. The third kappa shape index (κ3) is 3.89. The van der Waals surface area contributed by atoms with E-state index in [2.05, 4.69) is 44.7 Å². The van der Waals surface area contributed by atoms with Crippen LogP contribution in [-0.2, 0) is 11.3 Å². The van der Waals surface area contributed by atoms with Gasteiger partial charge in [0.05, 0.1) is 19.3 Å². The zero-order valence-electron chi connectivity index (χ0n) is 18.9. The molecule has 0 aromatic heterocycles. The second-order valence-electron chi connectivity index (χ2n) is 10.8. The molecule has 0 saturated heterocycles. The molecular formula is C27H40O3. The van der Waals surface area contributed by atoms with E-state index in [-0.39, 0.29) is 29.5 Å². The molecule has 3 saturated carbocycles. The Morgan fingerprint density at radius 2 is 1.83 bits per heavy atom. The minimum atomic E-state index is -0.261. The van der Waals surface area contributed by atoms with Crippen LogP contribution >= 0.6 is 0 Å². The van der Waals surface area contributed by atoms with Gasteiger partial charge in [0.25, 0.3) is 0 Å². The van der Waals surface area contributed by atoms with Gasteiger partial charge >= 0.3 is 0 Å². The zero-order chi connectivity index (χ0) is 21.4. The van der Waals surface area contributed by atoms with E-state index in [0.29, 0.717) is 24.4 Å². The Bertz CT molecular complexity index is 731. The van der Waals surface area contributed by atoms with Gasteiger partial charge in [-0.2, -0.15) is 0 Å². The second-order valence-corrected chi connectivity index (χ2v) is 10.8. The van der Waals surface area contributed by atoms with Gasteiger partial charge in [0.1, 0.15) is 0 Å². The number of allylic oxidation sites excluding steroid dienone is 1. The first-order chi connectivity index (χ1) is 14.4. The fraction of sp³-hybridized carbons (Fsp3) is 0.704. The van der Waals surface area contributed by atoms with Crippen LogP contribution in [0.1, 0.15) is 64.4 Å². The number of fused-ring (bicyclic) bond motifs is 1. The summed E-state index contributed by atoms with van der Waals surface area (Å²) in [5.74, 6) is 1.81. The molecule has 0 aliphatic heterocycles. The largest absolute Gasteiger partial charge is 0.396 e. The van der Waals surface area contributed by atoms with Crippen LogP contribution in [0.2, 0.25) is 0 Å². The van der Waals surface area contributed by atoms with Gasteiger partial charge in [-0.3, -0.25) is 0 Å². The van der Waals surface area contributed by atoms with Crippen LogP contribution in [0.5, 0.6) is 0 Å². The van der Waals surface area contributed by atoms with E-state index in [1.807, 2.05) is 6.07 Å². The van der Waals surface area contributed by atoms with Crippen LogP contribution in [0.25, 0.3) is 0 Å². The molecule has 3 fully saturated rings. The fourth-order valence-corrected chi connectivity index (χ4v) is 7.30.